The van der Waals surface area contributed by atoms with E-state index in [-0.39, 0.29) is 0 Å². The molecule has 1 aliphatic carbocycles. The molecular weight excluding hydrogens is 174 g/mol. The van der Waals surface area contributed by atoms with Gasteiger partial charge in [0.25, 0.3) is 0 Å². The van der Waals surface area contributed by atoms with Crippen LogP contribution in [-0.4, -0.2) is 26.5 Å². The van der Waals surface area contributed by atoms with Crippen molar-refractivity contribution in [3.05, 3.63) is 0 Å². The zero-order chi connectivity index (χ0) is 10.4. The number of hydrogen-bond donors (Lipinski definition) is 3. The second-order valence-electron chi connectivity index (χ2n) is 1.88. The topological polar surface area (TPSA) is 78.1 Å². The fourth-order valence-electron chi connectivity index (χ4n) is 0.876. The minimum atomic E-state index is 0.519. The quantitative estimate of drug-likeness (QED) is 0.505. The smallest absolute Gasteiger partial charge is 0.0336 e. The highest BCUT2D eigenvalue weighted by molar-refractivity contribution is 6.20. The van der Waals surface area contributed by atoms with Crippen molar-refractivity contribution in [2.75, 3.05) is 21.1 Å². The third-order valence-corrected chi connectivity index (χ3v) is 1.72. The molecule has 1 rings (SSSR count). The van der Waals surface area contributed by atoms with Gasteiger partial charge in [0.05, 0.1) is 0 Å². The van der Waals surface area contributed by atoms with Gasteiger partial charge in [-0.3, -0.25) is 0 Å². The molecule has 0 spiro atoms. The summed E-state index contributed by atoms with van der Waals surface area (Å²) in [6, 6.07) is 0. The lowest BCUT2D eigenvalue weighted by molar-refractivity contribution is 0.886. The molecule has 12 heavy (non-hydrogen) atoms. The molecule has 4 heteroatoms. The van der Waals surface area contributed by atoms with Gasteiger partial charge in [-0.15, -0.1) is 11.6 Å². The zero-order valence-electron chi connectivity index (χ0n) is 8.52. The first-order valence-electron chi connectivity index (χ1n) is 4.27. The third kappa shape index (κ3) is 16.6. The molecule has 0 saturated heterocycles. The summed E-state index contributed by atoms with van der Waals surface area (Å²) in [4.78, 5) is 0. The van der Waals surface area contributed by atoms with Crippen molar-refractivity contribution in [2.45, 2.75) is 31.1 Å². The van der Waals surface area contributed by atoms with Crippen LogP contribution in [0, 0.1) is 0 Å². The number of rotatable bonds is 0. The Morgan fingerprint density at radius 2 is 1.08 bits per heavy atom. The Balaban J connectivity index is -0.000000117. The van der Waals surface area contributed by atoms with Crippen LogP contribution in [0.5, 0.6) is 0 Å². The predicted molar refractivity (Wildman–Crippen MR) is 58.4 cm³/mol. The average Bonchev–Trinajstić information content (AvgIpc) is 2.66. The maximum atomic E-state index is 5.71. The molecule has 0 bridgehead atoms. The van der Waals surface area contributed by atoms with E-state index in [0.29, 0.717) is 5.38 Å². The Kier molecular flexibility index (Phi) is 33.8. The normalized spacial score (nSPS) is 14.2. The molecular formula is C8H24ClN3. The van der Waals surface area contributed by atoms with E-state index in [2.05, 4.69) is 17.2 Å². The van der Waals surface area contributed by atoms with E-state index in [1.54, 1.807) is 0 Å². The Bertz CT molecular complexity index is 47.6. The highest BCUT2D eigenvalue weighted by Gasteiger charge is 2.09. The van der Waals surface area contributed by atoms with Crippen molar-refractivity contribution in [1.29, 1.82) is 0 Å². The molecule has 0 heterocycles. The Hall–Kier alpha value is 0.170. The Morgan fingerprint density at radius 3 is 1.17 bits per heavy atom. The van der Waals surface area contributed by atoms with E-state index in [0.717, 1.165) is 0 Å². The van der Waals surface area contributed by atoms with Gasteiger partial charge in [-0.1, -0.05) is 12.8 Å². The van der Waals surface area contributed by atoms with Crippen LogP contribution in [0.2, 0.25) is 0 Å². The van der Waals surface area contributed by atoms with Crippen LogP contribution in [-0.2, 0) is 0 Å². The minimum absolute atomic E-state index is 0.519. The summed E-state index contributed by atoms with van der Waals surface area (Å²) in [5.74, 6) is 0. The van der Waals surface area contributed by atoms with Gasteiger partial charge in [-0.25, -0.2) is 0 Å². The van der Waals surface area contributed by atoms with Gasteiger partial charge in [-0.2, -0.15) is 0 Å². The highest BCUT2D eigenvalue weighted by Crippen LogP contribution is 2.22. The maximum Gasteiger partial charge on any atom is 0.0336 e. The van der Waals surface area contributed by atoms with Crippen LogP contribution in [0.4, 0.5) is 0 Å². The predicted octanol–water partition coefficient (Wildman–Crippen LogP) is 0.893. The summed E-state index contributed by atoms with van der Waals surface area (Å²) in [6.07, 6.45) is 5.21. The second kappa shape index (κ2) is 22.5. The number of nitrogens with two attached hydrogens (primary N) is 3. The van der Waals surface area contributed by atoms with E-state index in [4.69, 9.17) is 11.6 Å². The summed E-state index contributed by atoms with van der Waals surface area (Å²) in [7, 11) is 4.50. The highest BCUT2D eigenvalue weighted by atomic mass is 35.5. The van der Waals surface area contributed by atoms with Gasteiger partial charge < -0.3 is 17.2 Å². The van der Waals surface area contributed by atoms with E-state index >= 15 is 0 Å². The van der Waals surface area contributed by atoms with E-state index < -0.39 is 0 Å². The van der Waals surface area contributed by atoms with E-state index in [9.17, 15) is 0 Å². The Morgan fingerprint density at radius 1 is 0.833 bits per heavy atom. The van der Waals surface area contributed by atoms with Gasteiger partial charge in [0, 0.05) is 5.38 Å². The molecule has 0 atom stereocenters. The molecule has 3 nitrogen and oxygen atoms in total. The molecule has 1 aliphatic rings. The van der Waals surface area contributed by atoms with Gasteiger partial charge in [0.2, 0.25) is 0 Å². The van der Waals surface area contributed by atoms with Crippen LogP contribution < -0.4 is 17.2 Å². The van der Waals surface area contributed by atoms with Crippen molar-refractivity contribution >= 4 is 11.6 Å². The van der Waals surface area contributed by atoms with Gasteiger partial charge in [0.15, 0.2) is 0 Å². The van der Waals surface area contributed by atoms with Crippen LogP contribution >= 0.6 is 11.6 Å². The number of alkyl halides is 1. The molecule has 0 aliphatic heterocycles. The first-order valence-corrected chi connectivity index (χ1v) is 4.70. The standard InChI is InChI=1S/C5H9Cl.3CH5N/c6-5-3-1-2-4-5;3*1-2/h5H,1-4H2;3*2H2,1H3. The van der Waals surface area contributed by atoms with Gasteiger partial charge in [-0.05, 0) is 34.0 Å². The summed E-state index contributed by atoms with van der Waals surface area (Å²) in [5, 5.41) is 0.519. The van der Waals surface area contributed by atoms with Crippen LogP contribution in [0.3, 0.4) is 0 Å². The lowest BCUT2D eigenvalue weighted by Gasteiger charge is -1.88. The first kappa shape index (κ1) is 18.1. The van der Waals surface area contributed by atoms with Crippen LogP contribution in [0.1, 0.15) is 25.7 Å². The van der Waals surface area contributed by atoms with Crippen molar-refractivity contribution < 1.29 is 0 Å². The lowest BCUT2D eigenvalue weighted by Crippen LogP contribution is -1.83. The fraction of sp³-hybridized carbons (Fsp3) is 1.00. The molecule has 1 saturated carbocycles. The summed E-state index contributed by atoms with van der Waals surface area (Å²) >= 11 is 5.71. The monoisotopic (exact) mass is 197 g/mol. The molecule has 6 N–H and O–H groups in total. The van der Waals surface area contributed by atoms with Crippen molar-refractivity contribution in [3.63, 3.8) is 0 Å². The van der Waals surface area contributed by atoms with Crippen molar-refractivity contribution in [1.82, 2.24) is 0 Å². The Labute approximate surface area is 81.6 Å². The second-order valence-corrected chi connectivity index (χ2v) is 2.50. The minimum Gasteiger partial charge on any atom is -0.333 e. The van der Waals surface area contributed by atoms with Crippen molar-refractivity contribution in [2.24, 2.45) is 17.2 Å². The number of halogens is 1. The van der Waals surface area contributed by atoms with Crippen molar-refractivity contribution in [3.8, 4) is 0 Å². The molecule has 78 valence electrons. The molecule has 0 radical (unpaired) electrons. The van der Waals surface area contributed by atoms with Gasteiger partial charge in [0.1, 0.15) is 0 Å². The average molecular weight is 198 g/mol. The largest absolute Gasteiger partial charge is 0.333 e. The summed E-state index contributed by atoms with van der Waals surface area (Å²) < 4.78 is 0. The van der Waals surface area contributed by atoms with Gasteiger partial charge >= 0.3 is 0 Å². The third-order valence-electron chi connectivity index (χ3n) is 1.28. The summed E-state index contributed by atoms with van der Waals surface area (Å²) in [5.41, 5.74) is 13.5. The molecule has 0 aromatic rings. The van der Waals surface area contributed by atoms with E-state index in [1.807, 2.05) is 0 Å². The molecule has 1 fully saturated rings. The van der Waals surface area contributed by atoms with Crippen LogP contribution in [0.15, 0.2) is 0 Å². The SMILES string of the molecule is CN.CN.CN.ClC1CCCC1. The number of hydrogen-bond acceptors (Lipinski definition) is 3. The summed E-state index contributed by atoms with van der Waals surface area (Å²) in [6.45, 7) is 0. The maximum absolute atomic E-state index is 5.71. The first-order chi connectivity index (χ1) is 5.89. The molecule has 0 aromatic heterocycles. The fourth-order valence-corrected chi connectivity index (χ4v) is 1.18. The lowest BCUT2D eigenvalue weighted by atomic mass is 10.4. The molecule has 0 aromatic carbocycles. The van der Waals surface area contributed by atoms with E-state index in [1.165, 1.54) is 46.8 Å². The molecule has 0 amide bonds. The zero-order valence-corrected chi connectivity index (χ0v) is 9.27. The van der Waals surface area contributed by atoms with Crippen LogP contribution in [0.25, 0.3) is 0 Å². The molecule has 0 unspecified atom stereocenters.